The molecular formula is C23H16BN2O2. The summed E-state index contributed by atoms with van der Waals surface area (Å²) in [5, 5.41) is 18.2. The van der Waals surface area contributed by atoms with Crippen molar-refractivity contribution in [3.8, 4) is 34.1 Å². The quantitative estimate of drug-likeness (QED) is 0.527. The smallest absolute Gasteiger partial charge is 0.538 e. The van der Waals surface area contributed by atoms with Crippen molar-refractivity contribution in [1.29, 1.82) is 5.26 Å². The summed E-state index contributed by atoms with van der Waals surface area (Å²) in [7, 11) is 0.613. The highest BCUT2D eigenvalue weighted by molar-refractivity contribution is 6.17. The lowest BCUT2D eigenvalue weighted by Gasteiger charge is -2.22. The molecule has 1 aliphatic carbocycles. The third-order valence-corrected chi connectivity index (χ3v) is 5.35. The minimum Gasteiger partial charge on any atom is -0.538 e. The fourth-order valence-corrected chi connectivity index (χ4v) is 3.93. The Morgan fingerprint density at radius 1 is 1.00 bits per heavy atom. The highest BCUT2D eigenvalue weighted by atomic mass is 16.5. The molecule has 0 aromatic heterocycles. The zero-order chi connectivity index (χ0) is 19.9. The van der Waals surface area contributed by atoms with Crippen molar-refractivity contribution in [2.45, 2.75) is 19.3 Å². The van der Waals surface area contributed by atoms with Gasteiger partial charge in [0, 0.05) is 5.41 Å². The number of rotatable bonds is 3. The van der Waals surface area contributed by atoms with Crippen LogP contribution >= 0.6 is 0 Å². The largest absolute Gasteiger partial charge is 0.569 e. The number of fused-ring (bicyclic) bond motifs is 3. The van der Waals surface area contributed by atoms with Crippen molar-refractivity contribution < 1.29 is 9.68 Å². The minimum absolute atomic E-state index is 0.233. The van der Waals surface area contributed by atoms with E-state index in [4.69, 9.17) is 16.3 Å². The maximum absolute atomic E-state index is 9.26. The summed E-state index contributed by atoms with van der Waals surface area (Å²) >= 11 is 0. The first-order valence-corrected chi connectivity index (χ1v) is 8.83. The Morgan fingerprint density at radius 2 is 1.71 bits per heavy atom. The summed E-state index contributed by atoms with van der Waals surface area (Å²) in [6, 6.07) is 19.5. The third-order valence-electron chi connectivity index (χ3n) is 5.35. The van der Waals surface area contributed by atoms with Gasteiger partial charge in [-0.25, -0.2) is 4.85 Å². The van der Waals surface area contributed by atoms with Crippen LogP contribution in [-0.2, 0) is 5.41 Å². The Balaban J connectivity index is 1.86. The fraction of sp³-hybridized carbons (Fsp3) is 0.130. The van der Waals surface area contributed by atoms with Gasteiger partial charge in [0.05, 0.1) is 24.0 Å². The summed E-state index contributed by atoms with van der Waals surface area (Å²) in [6.07, 6.45) is 0. The molecule has 0 saturated carbocycles. The molecule has 133 valence electrons. The highest BCUT2D eigenvalue weighted by Gasteiger charge is 2.35. The zero-order valence-corrected chi connectivity index (χ0v) is 15.5. The molecule has 0 bridgehead atoms. The van der Waals surface area contributed by atoms with Crippen molar-refractivity contribution in [2.24, 2.45) is 0 Å². The SMILES string of the molecule is [C-]#[N+]c1cc(O[B]O)cc(-c2ccc3c(c2)C(C)(C)c2cc(C#N)ccc2-3)c1. The van der Waals surface area contributed by atoms with Crippen LogP contribution in [0.25, 0.3) is 27.1 Å². The van der Waals surface area contributed by atoms with Gasteiger partial charge in [0.15, 0.2) is 5.69 Å². The summed E-state index contributed by atoms with van der Waals surface area (Å²) in [5.41, 5.74) is 7.32. The standard InChI is InChI=1S/C23H16BN2O2/c1-23(2)21-8-14(13-25)4-6-19(21)20-7-5-15(11-22(20)23)16-9-17(26-3)12-18(10-16)28-24-27/h4-12,27H,1-2H3. The van der Waals surface area contributed by atoms with Crippen molar-refractivity contribution >= 4 is 13.4 Å². The van der Waals surface area contributed by atoms with Gasteiger partial charge in [0.25, 0.3) is 0 Å². The summed E-state index contributed by atoms with van der Waals surface area (Å²) < 4.78 is 5.08. The number of hydrogen-bond acceptors (Lipinski definition) is 3. The molecule has 0 atom stereocenters. The van der Waals surface area contributed by atoms with Crippen LogP contribution in [0, 0.1) is 17.9 Å². The predicted molar refractivity (Wildman–Crippen MR) is 109 cm³/mol. The molecule has 1 radical (unpaired) electrons. The fourth-order valence-electron chi connectivity index (χ4n) is 3.93. The van der Waals surface area contributed by atoms with Gasteiger partial charge in [-0.3, -0.25) is 0 Å². The molecule has 0 fully saturated rings. The zero-order valence-electron chi connectivity index (χ0n) is 15.5. The van der Waals surface area contributed by atoms with Gasteiger partial charge in [-0.2, -0.15) is 5.26 Å². The topological polar surface area (TPSA) is 57.6 Å². The van der Waals surface area contributed by atoms with Gasteiger partial charge >= 0.3 is 7.69 Å². The van der Waals surface area contributed by atoms with Crippen molar-refractivity contribution in [2.75, 3.05) is 0 Å². The van der Waals surface area contributed by atoms with Crippen molar-refractivity contribution in [3.05, 3.63) is 82.7 Å². The molecule has 28 heavy (non-hydrogen) atoms. The van der Waals surface area contributed by atoms with Gasteiger partial charge in [-0.1, -0.05) is 32.0 Å². The molecule has 3 aromatic carbocycles. The van der Waals surface area contributed by atoms with Gasteiger partial charge in [-0.15, -0.1) is 0 Å². The summed E-state index contributed by atoms with van der Waals surface area (Å²) in [5.74, 6) is 0.410. The third kappa shape index (κ3) is 2.74. The first-order chi connectivity index (χ1) is 13.5. The van der Waals surface area contributed by atoms with Crippen LogP contribution in [0.3, 0.4) is 0 Å². The second-order valence-electron chi connectivity index (χ2n) is 7.31. The molecule has 4 nitrogen and oxygen atoms in total. The number of benzene rings is 3. The van der Waals surface area contributed by atoms with Crippen LogP contribution in [0.2, 0.25) is 0 Å². The molecule has 5 heteroatoms. The Labute approximate surface area is 164 Å². The molecule has 1 aliphatic rings. The molecule has 0 unspecified atom stereocenters. The summed E-state index contributed by atoms with van der Waals surface area (Å²) in [6.45, 7) is 11.6. The van der Waals surface area contributed by atoms with E-state index in [1.165, 1.54) is 5.56 Å². The Hall–Kier alpha value is -3.54. The molecule has 0 aliphatic heterocycles. The lowest BCUT2D eigenvalue weighted by atomic mass is 9.81. The van der Waals surface area contributed by atoms with Gasteiger partial charge in [-0.05, 0) is 69.8 Å². The van der Waals surface area contributed by atoms with E-state index in [0.29, 0.717) is 24.7 Å². The lowest BCUT2D eigenvalue weighted by Crippen LogP contribution is -2.15. The number of nitrogens with zero attached hydrogens (tertiary/aromatic N) is 2. The summed E-state index contributed by atoms with van der Waals surface area (Å²) in [4.78, 5) is 3.50. The van der Waals surface area contributed by atoms with Crippen molar-refractivity contribution in [1.82, 2.24) is 0 Å². The molecule has 0 saturated heterocycles. The van der Waals surface area contributed by atoms with Gasteiger partial charge in [0.2, 0.25) is 0 Å². The maximum Gasteiger partial charge on any atom is 0.569 e. The van der Waals surface area contributed by atoms with Crippen LogP contribution < -0.4 is 4.65 Å². The first-order valence-electron chi connectivity index (χ1n) is 8.83. The molecule has 4 rings (SSSR count). The lowest BCUT2D eigenvalue weighted by molar-refractivity contribution is 0.454. The van der Waals surface area contributed by atoms with Gasteiger partial charge in [0.1, 0.15) is 0 Å². The second-order valence-corrected chi connectivity index (χ2v) is 7.31. The van der Waals surface area contributed by atoms with Crippen LogP contribution in [0.4, 0.5) is 5.69 Å². The number of hydrogen-bond donors (Lipinski definition) is 1. The Kier molecular flexibility index (Phi) is 4.19. The average molecular weight is 363 g/mol. The Bertz CT molecular complexity index is 1190. The maximum atomic E-state index is 9.26. The van der Waals surface area contributed by atoms with E-state index in [2.05, 4.69) is 36.9 Å². The molecule has 1 N–H and O–H groups in total. The van der Waals surface area contributed by atoms with Crippen LogP contribution in [0.5, 0.6) is 5.75 Å². The molecule has 0 spiro atoms. The molecular weight excluding hydrogens is 347 g/mol. The molecule has 0 heterocycles. The van der Waals surface area contributed by atoms with E-state index >= 15 is 0 Å². The minimum atomic E-state index is -0.233. The van der Waals surface area contributed by atoms with Crippen LogP contribution in [0.15, 0.2) is 54.6 Å². The number of nitriles is 1. The van der Waals surface area contributed by atoms with Crippen molar-refractivity contribution in [3.63, 3.8) is 0 Å². The Morgan fingerprint density at radius 3 is 2.39 bits per heavy atom. The molecule has 0 amide bonds. The van der Waals surface area contributed by atoms with E-state index in [9.17, 15) is 5.26 Å². The van der Waals surface area contributed by atoms with E-state index in [-0.39, 0.29) is 5.41 Å². The first kappa shape index (κ1) is 17.9. The predicted octanol–water partition coefficient (Wildman–Crippen LogP) is 4.99. The van der Waals surface area contributed by atoms with E-state index < -0.39 is 0 Å². The van der Waals surface area contributed by atoms with E-state index in [0.717, 1.165) is 27.8 Å². The highest BCUT2D eigenvalue weighted by Crippen LogP contribution is 2.50. The second kappa shape index (κ2) is 6.57. The van der Waals surface area contributed by atoms with Crippen LogP contribution in [0.1, 0.15) is 30.5 Å². The average Bonchev–Trinajstić information content (AvgIpc) is 2.94. The molecule has 3 aromatic rings. The van der Waals surface area contributed by atoms with Crippen LogP contribution in [-0.4, -0.2) is 12.7 Å². The van der Waals surface area contributed by atoms with E-state index in [1.807, 2.05) is 30.3 Å². The van der Waals surface area contributed by atoms with E-state index in [1.54, 1.807) is 12.1 Å². The normalized spacial score (nSPS) is 13.0. The monoisotopic (exact) mass is 363 g/mol. The van der Waals surface area contributed by atoms with Gasteiger partial charge < -0.3 is 9.68 Å².